The van der Waals surface area contributed by atoms with Crippen LogP contribution in [0.3, 0.4) is 0 Å². The third-order valence-electron chi connectivity index (χ3n) is 3.02. The number of rotatable bonds is 2. The lowest BCUT2D eigenvalue weighted by Gasteiger charge is -2.38. The van der Waals surface area contributed by atoms with Crippen molar-refractivity contribution in [2.75, 3.05) is 6.61 Å². The molecule has 1 N–H and O–H groups in total. The number of hydrogen-bond acceptors (Lipinski definition) is 1. The zero-order chi connectivity index (χ0) is 9.19. The molecular weight excluding hydrogens is 148 g/mol. The summed E-state index contributed by atoms with van der Waals surface area (Å²) >= 11 is 0. The highest BCUT2D eigenvalue weighted by Gasteiger charge is 2.31. The van der Waals surface area contributed by atoms with Crippen molar-refractivity contribution in [3.63, 3.8) is 0 Å². The minimum absolute atomic E-state index is 0.369. The van der Waals surface area contributed by atoms with Crippen LogP contribution in [0.2, 0.25) is 0 Å². The zero-order valence-electron chi connectivity index (χ0n) is 8.64. The second-order valence-electron chi connectivity index (χ2n) is 5.29. The summed E-state index contributed by atoms with van der Waals surface area (Å²) in [6.07, 6.45) is 4.99. The number of aliphatic hydroxyl groups is 1. The van der Waals surface area contributed by atoms with Gasteiger partial charge in [-0.25, -0.2) is 0 Å². The maximum Gasteiger partial charge on any atom is 0.0433 e. The van der Waals surface area contributed by atoms with Gasteiger partial charge < -0.3 is 5.11 Å². The van der Waals surface area contributed by atoms with Crippen LogP contribution < -0.4 is 0 Å². The van der Waals surface area contributed by atoms with E-state index in [0.717, 1.165) is 18.3 Å². The minimum atomic E-state index is 0.369. The first-order valence-electron chi connectivity index (χ1n) is 5.14. The topological polar surface area (TPSA) is 20.2 Å². The van der Waals surface area contributed by atoms with E-state index in [4.69, 9.17) is 5.11 Å². The SMILES string of the molecule is CC1CC(CCO)CC(C)(C)C1. The molecule has 0 saturated heterocycles. The standard InChI is InChI=1S/C11H22O/c1-9-6-10(4-5-12)8-11(2,3)7-9/h9-10,12H,4-8H2,1-3H3. The predicted octanol–water partition coefficient (Wildman–Crippen LogP) is 2.83. The predicted molar refractivity (Wildman–Crippen MR) is 52.0 cm³/mol. The van der Waals surface area contributed by atoms with Crippen molar-refractivity contribution in [1.82, 2.24) is 0 Å². The van der Waals surface area contributed by atoms with Gasteiger partial charge in [-0.05, 0) is 42.9 Å². The Morgan fingerprint density at radius 2 is 2.00 bits per heavy atom. The molecule has 12 heavy (non-hydrogen) atoms. The van der Waals surface area contributed by atoms with Gasteiger partial charge in [0.05, 0.1) is 0 Å². The van der Waals surface area contributed by atoms with Crippen molar-refractivity contribution in [2.45, 2.75) is 46.5 Å². The van der Waals surface area contributed by atoms with E-state index in [1.165, 1.54) is 19.3 Å². The van der Waals surface area contributed by atoms with E-state index in [2.05, 4.69) is 20.8 Å². The highest BCUT2D eigenvalue weighted by atomic mass is 16.3. The third kappa shape index (κ3) is 2.78. The zero-order valence-corrected chi connectivity index (χ0v) is 8.64. The van der Waals surface area contributed by atoms with E-state index >= 15 is 0 Å². The quantitative estimate of drug-likeness (QED) is 0.675. The average Bonchev–Trinajstić information content (AvgIpc) is 1.82. The molecule has 0 radical (unpaired) electrons. The summed E-state index contributed by atoms with van der Waals surface area (Å²) in [5.74, 6) is 1.62. The number of hydrogen-bond donors (Lipinski definition) is 1. The Morgan fingerprint density at radius 3 is 2.50 bits per heavy atom. The van der Waals surface area contributed by atoms with Crippen LogP contribution in [-0.2, 0) is 0 Å². The molecule has 1 saturated carbocycles. The lowest BCUT2D eigenvalue weighted by molar-refractivity contribution is 0.112. The summed E-state index contributed by atoms with van der Waals surface area (Å²) in [5.41, 5.74) is 0.511. The van der Waals surface area contributed by atoms with E-state index in [0.29, 0.717) is 12.0 Å². The van der Waals surface area contributed by atoms with Gasteiger partial charge in [0.1, 0.15) is 0 Å². The molecular formula is C11H22O. The molecule has 0 aromatic carbocycles. The molecule has 1 rings (SSSR count). The first-order chi connectivity index (χ1) is 5.53. The van der Waals surface area contributed by atoms with Gasteiger partial charge >= 0.3 is 0 Å². The van der Waals surface area contributed by atoms with Crippen molar-refractivity contribution in [3.05, 3.63) is 0 Å². The van der Waals surface area contributed by atoms with Crippen LogP contribution in [0.15, 0.2) is 0 Å². The Morgan fingerprint density at radius 1 is 1.33 bits per heavy atom. The minimum Gasteiger partial charge on any atom is -0.396 e. The van der Waals surface area contributed by atoms with Crippen molar-refractivity contribution >= 4 is 0 Å². The van der Waals surface area contributed by atoms with E-state index in [1.54, 1.807) is 0 Å². The van der Waals surface area contributed by atoms with Gasteiger partial charge in [0.15, 0.2) is 0 Å². The lowest BCUT2D eigenvalue weighted by atomic mass is 9.67. The smallest absolute Gasteiger partial charge is 0.0433 e. The largest absolute Gasteiger partial charge is 0.396 e. The van der Waals surface area contributed by atoms with Crippen LogP contribution in [0.25, 0.3) is 0 Å². The summed E-state index contributed by atoms with van der Waals surface area (Å²) in [5, 5.41) is 8.87. The van der Waals surface area contributed by atoms with Crippen LogP contribution >= 0.6 is 0 Å². The monoisotopic (exact) mass is 170 g/mol. The maximum atomic E-state index is 8.87. The van der Waals surface area contributed by atoms with Crippen LogP contribution in [0.4, 0.5) is 0 Å². The van der Waals surface area contributed by atoms with Gasteiger partial charge in [0.25, 0.3) is 0 Å². The summed E-state index contributed by atoms with van der Waals surface area (Å²) in [4.78, 5) is 0. The molecule has 0 heterocycles. The first-order valence-corrected chi connectivity index (χ1v) is 5.14. The fraction of sp³-hybridized carbons (Fsp3) is 1.00. The molecule has 0 bridgehead atoms. The van der Waals surface area contributed by atoms with E-state index < -0.39 is 0 Å². The summed E-state index contributed by atoms with van der Waals surface area (Å²) in [6.45, 7) is 7.42. The number of aliphatic hydroxyl groups excluding tert-OH is 1. The van der Waals surface area contributed by atoms with Crippen LogP contribution in [-0.4, -0.2) is 11.7 Å². The molecule has 0 spiro atoms. The van der Waals surface area contributed by atoms with Gasteiger partial charge in [-0.3, -0.25) is 0 Å². The second kappa shape index (κ2) is 3.78. The molecule has 0 aromatic heterocycles. The maximum absolute atomic E-state index is 8.87. The molecule has 0 aromatic rings. The summed E-state index contributed by atoms with van der Waals surface area (Å²) in [7, 11) is 0. The molecule has 1 aliphatic rings. The van der Waals surface area contributed by atoms with Crippen molar-refractivity contribution in [1.29, 1.82) is 0 Å². The van der Waals surface area contributed by atoms with Crippen molar-refractivity contribution in [2.24, 2.45) is 17.3 Å². The van der Waals surface area contributed by atoms with Crippen molar-refractivity contribution in [3.8, 4) is 0 Å². The van der Waals surface area contributed by atoms with E-state index in [-0.39, 0.29) is 0 Å². The normalized spacial score (nSPS) is 35.0. The molecule has 1 heteroatoms. The highest BCUT2D eigenvalue weighted by molar-refractivity contribution is 4.82. The first kappa shape index (κ1) is 10.0. The van der Waals surface area contributed by atoms with E-state index in [9.17, 15) is 0 Å². The Bertz CT molecular complexity index is 140. The Kier molecular flexibility index (Phi) is 3.16. The van der Waals surface area contributed by atoms with Crippen LogP contribution in [0.1, 0.15) is 46.5 Å². The fourth-order valence-corrected chi connectivity index (χ4v) is 2.95. The fourth-order valence-electron chi connectivity index (χ4n) is 2.95. The Hall–Kier alpha value is -0.0400. The molecule has 0 aliphatic heterocycles. The van der Waals surface area contributed by atoms with Crippen molar-refractivity contribution < 1.29 is 5.11 Å². The lowest BCUT2D eigenvalue weighted by Crippen LogP contribution is -2.28. The van der Waals surface area contributed by atoms with Gasteiger partial charge in [0.2, 0.25) is 0 Å². The van der Waals surface area contributed by atoms with Gasteiger partial charge in [-0.15, -0.1) is 0 Å². The summed E-state index contributed by atoms with van der Waals surface area (Å²) in [6, 6.07) is 0. The highest BCUT2D eigenvalue weighted by Crippen LogP contribution is 2.42. The average molecular weight is 170 g/mol. The molecule has 1 nitrogen and oxygen atoms in total. The molecule has 1 fully saturated rings. The molecule has 2 atom stereocenters. The van der Waals surface area contributed by atoms with Gasteiger partial charge in [0, 0.05) is 6.61 Å². The molecule has 72 valence electrons. The second-order valence-corrected chi connectivity index (χ2v) is 5.29. The Balaban J connectivity index is 2.46. The molecule has 0 amide bonds. The Labute approximate surface area is 76.2 Å². The van der Waals surface area contributed by atoms with Crippen LogP contribution in [0, 0.1) is 17.3 Å². The molecule has 1 aliphatic carbocycles. The molecule has 2 unspecified atom stereocenters. The van der Waals surface area contributed by atoms with Crippen LogP contribution in [0.5, 0.6) is 0 Å². The summed E-state index contributed by atoms with van der Waals surface area (Å²) < 4.78 is 0. The van der Waals surface area contributed by atoms with Gasteiger partial charge in [-0.2, -0.15) is 0 Å². The van der Waals surface area contributed by atoms with E-state index in [1.807, 2.05) is 0 Å². The van der Waals surface area contributed by atoms with Gasteiger partial charge in [-0.1, -0.05) is 20.8 Å². The third-order valence-corrected chi connectivity index (χ3v) is 3.02.